The van der Waals surface area contributed by atoms with Gasteiger partial charge >= 0.3 is 0 Å². The molecule has 0 bridgehead atoms. The molecular weight excluding hydrogens is 202 g/mol. The lowest BCUT2D eigenvalue weighted by molar-refractivity contribution is 0.101. The normalized spacial score (nSPS) is 9.56. The number of nitrogens with zero attached hydrogens (tertiary/aromatic N) is 1. The van der Waals surface area contributed by atoms with Crippen LogP contribution in [0.5, 0.6) is 5.75 Å². The highest BCUT2D eigenvalue weighted by Gasteiger charge is 2.08. The number of aryl methyl sites for hydroxylation is 1. The maximum Gasteiger partial charge on any atom is 0.163 e. The molecule has 0 aromatic heterocycles. The van der Waals surface area contributed by atoms with Gasteiger partial charge < -0.3 is 4.74 Å². The lowest BCUT2D eigenvalue weighted by atomic mass is 10.1. The van der Waals surface area contributed by atoms with Crippen molar-refractivity contribution in [3.63, 3.8) is 0 Å². The zero-order valence-corrected chi connectivity index (χ0v) is 9.62. The Balaban J connectivity index is 2.72. The molecule has 0 aliphatic rings. The van der Waals surface area contributed by atoms with Gasteiger partial charge in [0.2, 0.25) is 0 Å². The van der Waals surface area contributed by atoms with Crippen molar-refractivity contribution in [2.24, 2.45) is 0 Å². The number of ketones is 1. The highest BCUT2D eigenvalue weighted by molar-refractivity contribution is 5.97. The molecule has 0 heterocycles. The predicted molar refractivity (Wildman–Crippen MR) is 61.5 cm³/mol. The lowest BCUT2D eigenvalue weighted by Crippen LogP contribution is -2.03. The second-order valence-electron chi connectivity index (χ2n) is 3.67. The van der Waals surface area contributed by atoms with E-state index in [-0.39, 0.29) is 5.78 Å². The number of hydrogen-bond acceptors (Lipinski definition) is 3. The van der Waals surface area contributed by atoms with E-state index in [1.54, 1.807) is 6.07 Å². The average molecular weight is 217 g/mol. The van der Waals surface area contributed by atoms with E-state index in [4.69, 9.17) is 10.00 Å². The van der Waals surface area contributed by atoms with Crippen molar-refractivity contribution in [2.45, 2.75) is 26.7 Å². The van der Waals surface area contributed by atoms with Gasteiger partial charge in [0, 0.05) is 6.42 Å². The third kappa shape index (κ3) is 3.39. The van der Waals surface area contributed by atoms with Gasteiger partial charge in [0.25, 0.3) is 0 Å². The van der Waals surface area contributed by atoms with E-state index in [1.165, 1.54) is 6.92 Å². The predicted octanol–water partition coefficient (Wildman–Crippen LogP) is 2.88. The summed E-state index contributed by atoms with van der Waals surface area (Å²) in [6, 6.07) is 7.59. The number of rotatable bonds is 5. The highest BCUT2D eigenvalue weighted by Crippen LogP contribution is 2.20. The zero-order valence-electron chi connectivity index (χ0n) is 9.62. The van der Waals surface area contributed by atoms with Crippen LogP contribution in [0.4, 0.5) is 0 Å². The number of hydrogen-bond donors (Lipinski definition) is 0. The molecule has 0 spiro atoms. The summed E-state index contributed by atoms with van der Waals surface area (Å²) in [7, 11) is 0. The molecule has 0 aliphatic heterocycles. The fraction of sp³-hybridized carbons (Fsp3) is 0.385. The topological polar surface area (TPSA) is 50.1 Å². The molecule has 0 unspecified atom stereocenters. The van der Waals surface area contributed by atoms with Gasteiger partial charge in [-0.15, -0.1) is 0 Å². The van der Waals surface area contributed by atoms with Gasteiger partial charge in [-0.3, -0.25) is 4.79 Å². The fourth-order valence-electron chi connectivity index (χ4n) is 1.38. The maximum atomic E-state index is 11.4. The fourth-order valence-corrected chi connectivity index (χ4v) is 1.38. The second kappa shape index (κ2) is 5.92. The molecule has 0 N–H and O–H groups in total. The highest BCUT2D eigenvalue weighted by atomic mass is 16.5. The number of benzene rings is 1. The Morgan fingerprint density at radius 1 is 1.50 bits per heavy atom. The first-order valence-corrected chi connectivity index (χ1v) is 5.26. The summed E-state index contributed by atoms with van der Waals surface area (Å²) in [5.74, 6) is 0.607. The number of ether oxygens (including phenoxy) is 1. The Morgan fingerprint density at radius 3 is 2.88 bits per heavy atom. The lowest BCUT2D eigenvalue weighted by Gasteiger charge is -2.09. The summed E-state index contributed by atoms with van der Waals surface area (Å²) in [5, 5.41) is 8.38. The van der Waals surface area contributed by atoms with Gasteiger partial charge in [-0.1, -0.05) is 11.6 Å². The summed E-state index contributed by atoms with van der Waals surface area (Å²) in [6.45, 7) is 3.93. The monoisotopic (exact) mass is 217 g/mol. The minimum atomic E-state index is -0.000941. The van der Waals surface area contributed by atoms with Gasteiger partial charge in [-0.2, -0.15) is 5.26 Å². The summed E-state index contributed by atoms with van der Waals surface area (Å²) < 4.78 is 5.48. The van der Waals surface area contributed by atoms with Crippen LogP contribution in [0.1, 0.15) is 35.7 Å². The number of unbranched alkanes of at least 4 members (excludes halogenated alkanes) is 1. The molecule has 1 aromatic rings. The van der Waals surface area contributed by atoms with E-state index >= 15 is 0 Å². The Kier molecular flexibility index (Phi) is 4.53. The number of carbonyl (C=O) groups excluding carboxylic acids is 1. The zero-order chi connectivity index (χ0) is 12.0. The van der Waals surface area contributed by atoms with Crippen LogP contribution in [0.2, 0.25) is 0 Å². The molecule has 16 heavy (non-hydrogen) atoms. The van der Waals surface area contributed by atoms with Gasteiger partial charge in [0.05, 0.1) is 18.2 Å². The van der Waals surface area contributed by atoms with E-state index in [2.05, 4.69) is 6.07 Å². The first-order valence-electron chi connectivity index (χ1n) is 5.26. The molecule has 0 saturated heterocycles. The van der Waals surface area contributed by atoms with Crippen LogP contribution in [0.25, 0.3) is 0 Å². The second-order valence-corrected chi connectivity index (χ2v) is 3.67. The van der Waals surface area contributed by atoms with Crippen molar-refractivity contribution in [3.05, 3.63) is 29.3 Å². The summed E-state index contributed by atoms with van der Waals surface area (Å²) >= 11 is 0. The van der Waals surface area contributed by atoms with Crippen LogP contribution >= 0.6 is 0 Å². The van der Waals surface area contributed by atoms with E-state index in [0.29, 0.717) is 30.8 Å². The standard InChI is InChI=1S/C13H15NO2/c1-10-5-6-13(12(9-10)11(2)15)16-8-4-3-7-14/h5-6,9H,3-4,8H2,1-2H3. The number of nitriles is 1. The maximum absolute atomic E-state index is 11.4. The van der Waals surface area contributed by atoms with Crippen molar-refractivity contribution >= 4 is 5.78 Å². The minimum Gasteiger partial charge on any atom is -0.493 e. The van der Waals surface area contributed by atoms with Crippen LogP contribution in [-0.2, 0) is 0 Å². The van der Waals surface area contributed by atoms with Crippen LogP contribution in [0.15, 0.2) is 18.2 Å². The Bertz CT molecular complexity index is 418. The first kappa shape index (κ1) is 12.3. The van der Waals surface area contributed by atoms with E-state index in [9.17, 15) is 4.79 Å². The first-order chi connectivity index (χ1) is 7.65. The molecule has 1 rings (SSSR count). The van der Waals surface area contributed by atoms with E-state index in [0.717, 1.165) is 5.56 Å². The van der Waals surface area contributed by atoms with Crippen LogP contribution in [-0.4, -0.2) is 12.4 Å². The third-order valence-corrected chi connectivity index (χ3v) is 2.20. The van der Waals surface area contributed by atoms with Crippen molar-refractivity contribution < 1.29 is 9.53 Å². The third-order valence-electron chi connectivity index (χ3n) is 2.20. The summed E-state index contributed by atoms with van der Waals surface area (Å²) in [4.78, 5) is 11.4. The average Bonchev–Trinajstić information content (AvgIpc) is 2.26. The molecule has 0 aliphatic carbocycles. The number of Topliss-reactive ketones (excluding diaryl/α,β-unsaturated/α-hetero) is 1. The summed E-state index contributed by atoms with van der Waals surface area (Å²) in [5.41, 5.74) is 1.64. The molecule has 0 fully saturated rings. The Hall–Kier alpha value is -1.82. The van der Waals surface area contributed by atoms with Crippen molar-refractivity contribution in [1.82, 2.24) is 0 Å². The van der Waals surface area contributed by atoms with Gasteiger partial charge in [0.15, 0.2) is 5.78 Å². The molecule has 0 amide bonds. The van der Waals surface area contributed by atoms with Crippen molar-refractivity contribution in [3.8, 4) is 11.8 Å². The molecule has 84 valence electrons. The number of carbonyl (C=O) groups is 1. The molecular formula is C13H15NO2. The largest absolute Gasteiger partial charge is 0.493 e. The minimum absolute atomic E-state index is 0.000941. The van der Waals surface area contributed by atoms with Gasteiger partial charge in [-0.25, -0.2) is 0 Å². The van der Waals surface area contributed by atoms with Crippen molar-refractivity contribution in [1.29, 1.82) is 5.26 Å². The van der Waals surface area contributed by atoms with Gasteiger partial charge in [0.1, 0.15) is 5.75 Å². The van der Waals surface area contributed by atoms with Gasteiger partial charge in [-0.05, 0) is 32.4 Å². The van der Waals surface area contributed by atoms with E-state index in [1.807, 2.05) is 19.1 Å². The van der Waals surface area contributed by atoms with Crippen LogP contribution in [0, 0.1) is 18.3 Å². The Labute approximate surface area is 95.7 Å². The Morgan fingerprint density at radius 2 is 2.25 bits per heavy atom. The molecule has 3 nitrogen and oxygen atoms in total. The van der Waals surface area contributed by atoms with Crippen LogP contribution in [0.3, 0.4) is 0 Å². The molecule has 3 heteroatoms. The molecule has 0 atom stereocenters. The SMILES string of the molecule is CC(=O)c1cc(C)ccc1OCCCC#N. The quantitative estimate of drug-likeness (QED) is 0.563. The van der Waals surface area contributed by atoms with Crippen molar-refractivity contribution in [2.75, 3.05) is 6.61 Å². The molecule has 0 radical (unpaired) electrons. The summed E-state index contributed by atoms with van der Waals surface area (Å²) in [6.07, 6.45) is 1.16. The smallest absolute Gasteiger partial charge is 0.163 e. The van der Waals surface area contributed by atoms with Crippen LogP contribution < -0.4 is 4.74 Å². The molecule has 1 aromatic carbocycles. The molecule has 0 saturated carbocycles. The van der Waals surface area contributed by atoms with E-state index < -0.39 is 0 Å².